The number of rotatable bonds is 5. The maximum Gasteiger partial charge on any atom is 0.357 e. The van der Waals surface area contributed by atoms with Crippen molar-refractivity contribution in [2.24, 2.45) is 10.4 Å². The molecule has 2 aromatic rings. The Morgan fingerprint density at radius 1 is 0.852 bits per heavy atom. The van der Waals surface area contributed by atoms with Gasteiger partial charge in [-0.3, -0.25) is 4.99 Å². The Labute approximate surface area is 163 Å². The van der Waals surface area contributed by atoms with Crippen molar-refractivity contribution in [2.75, 3.05) is 0 Å². The van der Waals surface area contributed by atoms with Crippen LogP contribution in [0.2, 0.25) is 0 Å². The average molecular weight is 366 g/mol. The lowest BCUT2D eigenvalue weighted by Gasteiger charge is -2.19. The normalized spacial score (nSPS) is 12.7. The van der Waals surface area contributed by atoms with E-state index in [1.54, 1.807) is 0 Å². The highest BCUT2D eigenvalue weighted by atomic mass is 16.5. The Hall–Kier alpha value is -2.42. The molecule has 3 heteroatoms. The lowest BCUT2D eigenvalue weighted by atomic mass is 9.88. The highest BCUT2D eigenvalue weighted by Crippen LogP contribution is 2.21. The summed E-state index contributed by atoms with van der Waals surface area (Å²) >= 11 is 0. The van der Waals surface area contributed by atoms with Gasteiger partial charge in [0.1, 0.15) is 6.61 Å². The average Bonchev–Trinajstić information content (AvgIpc) is 2.57. The van der Waals surface area contributed by atoms with Crippen molar-refractivity contribution in [1.29, 1.82) is 0 Å². The first-order chi connectivity index (χ1) is 12.5. The number of esters is 1. The predicted molar refractivity (Wildman–Crippen MR) is 112 cm³/mol. The van der Waals surface area contributed by atoms with E-state index in [-0.39, 0.29) is 17.6 Å². The monoisotopic (exact) mass is 365 g/mol. The summed E-state index contributed by atoms with van der Waals surface area (Å²) in [6.07, 6.45) is 0.984. The predicted octanol–water partition coefficient (Wildman–Crippen LogP) is 5.61. The molecule has 27 heavy (non-hydrogen) atoms. The van der Waals surface area contributed by atoms with Crippen LogP contribution >= 0.6 is 0 Å². The van der Waals surface area contributed by atoms with Crippen LogP contribution in [0.5, 0.6) is 0 Å². The molecule has 0 aliphatic rings. The number of carbonyl (C=O) groups excluding carboxylic acids is 1. The maximum atomic E-state index is 12.8. The van der Waals surface area contributed by atoms with Crippen molar-refractivity contribution in [3.63, 3.8) is 0 Å². The fraction of sp³-hybridized carbons (Fsp3) is 0.417. The molecule has 0 radical (unpaired) electrons. The van der Waals surface area contributed by atoms with Crippen LogP contribution in [0, 0.1) is 5.41 Å². The smallest absolute Gasteiger partial charge is 0.357 e. The van der Waals surface area contributed by atoms with Gasteiger partial charge >= 0.3 is 5.97 Å². The molecule has 0 unspecified atom stereocenters. The van der Waals surface area contributed by atoms with Crippen molar-refractivity contribution in [3.8, 4) is 0 Å². The second-order valence-electron chi connectivity index (χ2n) is 9.13. The van der Waals surface area contributed by atoms with E-state index in [1.165, 1.54) is 5.56 Å². The zero-order valence-corrected chi connectivity index (χ0v) is 17.4. The summed E-state index contributed by atoms with van der Waals surface area (Å²) in [5.41, 5.74) is 3.23. The SMILES string of the molecule is CC(C)(C)Cc1ccc(/C(=N/C(C)(C)C)C(=O)OCc2ccccc2)cc1. The molecule has 0 saturated carbocycles. The second-order valence-corrected chi connectivity index (χ2v) is 9.13. The van der Waals surface area contributed by atoms with Gasteiger partial charge in [-0.25, -0.2) is 4.79 Å². The number of hydrogen-bond donors (Lipinski definition) is 0. The number of nitrogens with zero attached hydrogens (tertiary/aromatic N) is 1. The van der Waals surface area contributed by atoms with Gasteiger partial charge in [0.15, 0.2) is 5.71 Å². The van der Waals surface area contributed by atoms with E-state index in [9.17, 15) is 4.79 Å². The third-order valence-electron chi connectivity index (χ3n) is 3.82. The quantitative estimate of drug-likeness (QED) is 0.510. The molecular weight excluding hydrogens is 334 g/mol. The second kappa shape index (κ2) is 8.51. The van der Waals surface area contributed by atoms with Crippen molar-refractivity contribution < 1.29 is 9.53 Å². The van der Waals surface area contributed by atoms with E-state index in [0.717, 1.165) is 17.5 Å². The van der Waals surface area contributed by atoms with Crippen LogP contribution in [0.3, 0.4) is 0 Å². The number of carbonyl (C=O) groups is 1. The van der Waals surface area contributed by atoms with Crippen LogP contribution in [0.4, 0.5) is 0 Å². The minimum Gasteiger partial charge on any atom is -0.456 e. The van der Waals surface area contributed by atoms with E-state index >= 15 is 0 Å². The van der Waals surface area contributed by atoms with Crippen LogP contribution in [-0.2, 0) is 22.6 Å². The van der Waals surface area contributed by atoms with Gasteiger partial charge in [-0.2, -0.15) is 0 Å². The van der Waals surface area contributed by atoms with E-state index in [4.69, 9.17) is 4.74 Å². The highest BCUT2D eigenvalue weighted by molar-refractivity contribution is 6.43. The molecule has 0 atom stereocenters. The fourth-order valence-electron chi connectivity index (χ4n) is 2.75. The molecular formula is C24H31NO2. The first-order valence-corrected chi connectivity index (χ1v) is 9.44. The lowest BCUT2D eigenvalue weighted by molar-refractivity contribution is -0.136. The molecule has 0 aliphatic carbocycles. The van der Waals surface area contributed by atoms with E-state index in [2.05, 4.69) is 37.9 Å². The highest BCUT2D eigenvalue weighted by Gasteiger charge is 2.20. The van der Waals surface area contributed by atoms with Gasteiger partial charge in [-0.1, -0.05) is 75.4 Å². The largest absolute Gasteiger partial charge is 0.456 e. The van der Waals surface area contributed by atoms with Gasteiger partial charge in [0.05, 0.1) is 5.54 Å². The van der Waals surface area contributed by atoms with Gasteiger partial charge in [0.2, 0.25) is 0 Å². The third-order valence-corrected chi connectivity index (χ3v) is 3.82. The minimum atomic E-state index is -0.391. The summed E-state index contributed by atoms with van der Waals surface area (Å²) in [6, 6.07) is 17.8. The molecule has 144 valence electrons. The Bertz CT molecular complexity index is 776. The Morgan fingerprint density at radius 3 is 1.96 bits per heavy atom. The summed E-state index contributed by atoms with van der Waals surface area (Å²) in [5, 5.41) is 0. The zero-order chi connectivity index (χ0) is 20.1. The molecule has 0 spiro atoms. The Morgan fingerprint density at radius 2 is 1.44 bits per heavy atom. The van der Waals surface area contributed by atoms with E-state index in [1.807, 2.05) is 63.2 Å². The maximum absolute atomic E-state index is 12.8. The van der Waals surface area contributed by atoms with Crippen molar-refractivity contribution >= 4 is 11.7 Å². The molecule has 3 nitrogen and oxygen atoms in total. The number of benzene rings is 2. The van der Waals surface area contributed by atoms with Crippen LogP contribution in [0.15, 0.2) is 59.6 Å². The topological polar surface area (TPSA) is 38.7 Å². The molecule has 0 N–H and O–H groups in total. The number of aliphatic imine (C=N–C) groups is 1. The molecule has 2 rings (SSSR count). The van der Waals surface area contributed by atoms with E-state index in [0.29, 0.717) is 5.71 Å². The molecule has 0 saturated heterocycles. The van der Waals surface area contributed by atoms with Crippen LogP contribution in [-0.4, -0.2) is 17.2 Å². The summed E-state index contributed by atoms with van der Waals surface area (Å²) in [6.45, 7) is 12.8. The number of ether oxygens (including phenoxy) is 1. The summed E-state index contributed by atoms with van der Waals surface area (Å²) in [5.74, 6) is -0.391. The van der Waals surface area contributed by atoms with Crippen LogP contribution in [0.25, 0.3) is 0 Å². The minimum absolute atomic E-state index is 0.221. The third kappa shape index (κ3) is 7.38. The molecule has 0 heterocycles. The molecule has 0 amide bonds. The zero-order valence-electron chi connectivity index (χ0n) is 17.4. The molecule has 2 aromatic carbocycles. The van der Waals surface area contributed by atoms with Gasteiger partial charge in [0.25, 0.3) is 0 Å². The molecule has 0 aliphatic heterocycles. The fourth-order valence-corrected chi connectivity index (χ4v) is 2.75. The first kappa shape index (κ1) is 20.9. The van der Waals surface area contributed by atoms with Crippen molar-refractivity contribution in [2.45, 2.75) is 60.1 Å². The van der Waals surface area contributed by atoms with E-state index < -0.39 is 5.97 Å². The van der Waals surface area contributed by atoms with Crippen LogP contribution in [0.1, 0.15) is 58.2 Å². The van der Waals surface area contributed by atoms with Gasteiger partial charge in [-0.15, -0.1) is 0 Å². The summed E-state index contributed by atoms with van der Waals surface area (Å²) in [4.78, 5) is 17.4. The molecule has 0 aromatic heterocycles. The molecule has 0 fully saturated rings. The Balaban J connectivity index is 2.21. The van der Waals surface area contributed by atoms with Crippen molar-refractivity contribution in [3.05, 3.63) is 71.3 Å². The first-order valence-electron chi connectivity index (χ1n) is 9.44. The van der Waals surface area contributed by atoms with Gasteiger partial charge in [-0.05, 0) is 43.7 Å². The lowest BCUT2D eigenvalue weighted by Crippen LogP contribution is -2.24. The number of hydrogen-bond acceptors (Lipinski definition) is 3. The Kier molecular flexibility index (Phi) is 6.59. The van der Waals surface area contributed by atoms with Gasteiger partial charge < -0.3 is 4.74 Å². The van der Waals surface area contributed by atoms with Crippen molar-refractivity contribution in [1.82, 2.24) is 0 Å². The summed E-state index contributed by atoms with van der Waals surface area (Å²) in [7, 11) is 0. The van der Waals surface area contributed by atoms with Crippen LogP contribution < -0.4 is 0 Å². The standard InChI is InChI=1S/C24H31NO2/c1-23(2,3)16-18-12-14-20(15-13-18)21(25-24(4,5)6)22(26)27-17-19-10-8-7-9-11-19/h7-15H,16-17H2,1-6H3/b25-21-. The molecule has 0 bridgehead atoms. The summed E-state index contributed by atoms with van der Waals surface area (Å²) < 4.78 is 5.53. The van der Waals surface area contributed by atoms with Gasteiger partial charge in [0, 0.05) is 5.56 Å².